The summed E-state index contributed by atoms with van der Waals surface area (Å²) in [5.74, 6) is 0.531. The summed E-state index contributed by atoms with van der Waals surface area (Å²) in [6.07, 6.45) is 5.01. The molecule has 0 radical (unpaired) electrons. The molecule has 1 aromatic carbocycles. The topological polar surface area (TPSA) is 83.7 Å². The number of H-pyrrole nitrogens is 1. The van der Waals surface area contributed by atoms with Crippen molar-refractivity contribution in [2.75, 3.05) is 14.1 Å². The molecule has 1 saturated carbocycles. The van der Waals surface area contributed by atoms with Crippen LogP contribution in [0.5, 0.6) is 11.5 Å². The zero-order valence-corrected chi connectivity index (χ0v) is 23.1. The fourth-order valence-electron chi connectivity index (χ4n) is 5.42. The first-order chi connectivity index (χ1) is 16.5. The average Bonchev–Trinajstić information content (AvgIpc) is 3.20. The number of nitrogens with one attached hydrogen (secondary N) is 2. The fourth-order valence-corrected chi connectivity index (χ4v) is 5.91. The molecule has 35 heavy (non-hydrogen) atoms. The molecule has 1 fully saturated rings. The summed E-state index contributed by atoms with van der Waals surface area (Å²) in [5.41, 5.74) is 3.42. The minimum absolute atomic E-state index is 0.162. The smallest absolute Gasteiger partial charge is 0.253 e. The van der Waals surface area contributed by atoms with Crippen LogP contribution >= 0.6 is 15.9 Å². The van der Waals surface area contributed by atoms with Crippen molar-refractivity contribution < 1.29 is 14.3 Å². The third kappa shape index (κ3) is 5.00. The minimum Gasteiger partial charge on any atom is -0.448 e. The van der Waals surface area contributed by atoms with Crippen LogP contribution in [0.2, 0.25) is 0 Å². The van der Waals surface area contributed by atoms with Gasteiger partial charge in [0.2, 0.25) is 0 Å². The number of aromatic nitrogens is 1. The molecule has 2 heterocycles. The lowest BCUT2D eigenvalue weighted by atomic mass is 9.81. The van der Waals surface area contributed by atoms with Gasteiger partial charge in [0.15, 0.2) is 11.5 Å². The maximum Gasteiger partial charge on any atom is 0.253 e. The molecule has 2 aliphatic rings. The summed E-state index contributed by atoms with van der Waals surface area (Å²) in [5, 5.41) is 2.93. The van der Waals surface area contributed by atoms with Crippen LogP contribution in [0, 0.1) is 19.8 Å². The van der Waals surface area contributed by atoms with Crippen LogP contribution in [0.25, 0.3) is 0 Å². The molecule has 8 heteroatoms. The SMILES string of the molecule is CCc1cc(C)[nH]c(=O)c1CNC(=O)c1cc(Br)c2c(c1C)OC(C)([C@H]1CC[C@H](N(C)C)CC1)O2. The normalized spacial score (nSPS) is 23.5. The van der Waals surface area contributed by atoms with Crippen LogP contribution < -0.4 is 20.3 Å². The highest BCUT2D eigenvalue weighted by atomic mass is 79.9. The lowest BCUT2D eigenvalue weighted by Crippen LogP contribution is -2.46. The standard InChI is InChI=1S/C27H36BrN3O4/c1-7-17-12-15(2)30-26(33)21(17)14-29-25(32)20-13-22(28)24-23(16(20)3)34-27(4,35-24)18-8-10-19(11-9-18)31(5)6/h12-13,18-19H,7-11,14H2,1-6H3,(H,29,32)(H,30,33)/t18-,19-,27?. The largest absolute Gasteiger partial charge is 0.448 e. The Balaban J connectivity index is 1.52. The van der Waals surface area contributed by atoms with Crippen molar-refractivity contribution in [3.63, 3.8) is 0 Å². The number of hydrogen-bond donors (Lipinski definition) is 2. The van der Waals surface area contributed by atoms with E-state index in [-0.39, 0.29) is 23.9 Å². The van der Waals surface area contributed by atoms with Crippen molar-refractivity contribution in [3.8, 4) is 11.5 Å². The monoisotopic (exact) mass is 545 g/mol. The number of carbonyl (C=O) groups is 1. The number of benzene rings is 1. The highest BCUT2D eigenvalue weighted by Gasteiger charge is 2.47. The summed E-state index contributed by atoms with van der Waals surface area (Å²) < 4.78 is 13.6. The van der Waals surface area contributed by atoms with Crippen LogP contribution in [0.3, 0.4) is 0 Å². The number of pyridine rings is 1. The average molecular weight is 547 g/mol. The van der Waals surface area contributed by atoms with Crippen molar-refractivity contribution in [1.29, 1.82) is 0 Å². The van der Waals surface area contributed by atoms with Gasteiger partial charge in [0, 0.05) is 47.8 Å². The lowest BCUT2D eigenvalue weighted by Gasteiger charge is -2.39. The number of fused-ring (bicyclic) bond motifs is 1. The van der Waals surface area contributed by atoms with Crippen molar-refractivity contribution >= 4 is 21.8 Å². The van der Waals surface area contributed by atoms with E-state index in [4.69, 9.17) is 9.47 Å². The third-order valence-corrected chi connectivity index (χ3v) is 8.22. The Kier molecular flexibility index (Phi) is 7.34. The molecule has 0 saturated heterocycles. The fraction of sp³-hybridized carbons (Fsp3) is 0.556. The molecule has 2 aromatic rings. The molecular formula is C27H36BrN3O4. The highest BCUT2D eigenvalue weighted by Crippen LogP contribution is 2.51. The molecule has 1 unspecified atom stereocenters. The Morgan fingerprint density at radius 1 is 1.17 bits per heavy atom. The van der Waals surface area contributed by atoms with Gasteiger partial charge in [-0.25, -0.2) is 0 Å². The summed E-state index contributed by atoms with van der Waals surface area (Å²) in [4.78, 5) is 30.8. The number of carbonyl (C=O) groups excluding carboxylic acids is 1. The molecule has 0 spiro atoms. The number of rotatable bonds is 6. The number of aryl methyl sites for hydroxylation is 2. The van der Waals surface area contributed by atoms with Crippen LogP contribution in [0.1, 0.15) is 72.3 Å². The second kappa shape index (κ2) is 9.97. The Morgan fingerprint density at radius 2 is 1.83 bits per heavy atom. The van der Waals surface area contributed by atoms with Gasteiger partial charge in [-0.15, -0.1) is 0 Å². The van der Waals surface area contributed by atoms with E-state index in [0.717, 1.165) is 48.9 Å². The quantitative estimate of drug-likeness (QED) is 0.541. The van der Waals surface area contributed by atoms with E-state index in [0.29, 0.717) is 33.1 Å². The molecule has 1 aliphatic heterocycles. The van der Waals surface area contributed by atoms with Gasteiger partial charge in [0.05, 0.1) is 4.47 Å². The van der Waals surface area contributed by atoms with Gasteiger partial charge in [-0.3, -0.25) is 9.59 Å². The minimum atomic E-state index is -0.757. The summed E-state index contributed by atoms with van der Waals surface area (Å²) in [6, 6.07) is 4.33. The maximum atomic E-state index is 13.2. The summed E-state index contributed by atoms with van der Waals surface area (Å²) in [6.45, 7) is 7.92. The van der Waals surface area contributed by atoms with E-state index in [1.165, 1.54) is 0 Å². The van der Waals surface area contributed by atoms with Crippen LogP contribution in [0.4, 0.5) is 0 Å². The molecule has 4 rings (SSSR count). The molecule has 0 bridgehead atoms. The number of halogens is 1. The highest BCUT2D eigenvalue weighted by molar-refractivity contribution is 9.10. The Hall–Kier alpha value is -2.32. The maximum absolute atomic E-state index is 13.2. The molecule has 2 N–H and O–H groups in total. The van der Waals surface area contributed by atoms with Gasteiger partial charge in [-0.2, -0.15) is 0 Å². The van der Waals surface area contributed by atoms with E-state index in [2.05, 4.69) is 45.2 Å². The van der Waals surface area contributed by atoms with Gasteiger partial charge in [0.1, 0.15) is 0 Å². The molecule has 190 valence electrons. The molecule has 7 nitrogen and oxygen atoms in total. The van der Waals surface area contributed by atoms with Crippen LogP contribution in [0.15, 0.2) is 21.4 Å². The number of aromatic amines is 1. The van der Waals surface area contributed by atoms with Crippen molar-refractivity contribution in [2.24, 2.45) is 5.92 Å². The van der Waals surface area contributed by atoms with E-state index >= 15 is 0 Å². The van der Waals surface area contributed by atoms with Gasteiger partial charge in [-0.1, -0.05) is 6.92 Å². The first-order valence-corrected chi connectivity index (χ1v) is 13.2. The predicted molar refractivity (Wildman–Crippen MR) is 140 cm³/mol. The number of ether oxygens (including phenoxy) is 2. The molecule has 1 atom stereocenters. The Bertz CT molecular complexity index is 1180. The van der Waals surface area contributed by atoms with Crippen molar-refractivity contribution in [3.05, 3.63) is 54.9 Å². The zero-order valence-electron chi connectivity index (χ0n) is 21.5. The van der Waals surface area contributed by atoms with Crippen molar-refractivity contribution in [2.45, 2.75) is 78.2 Å². The first-order valence-electron chi connectivity index (χ1n) is 12.4. The summed E-state index contributed by atoms with van der Waals surface area (Å²) >= 11 is 3.60. The predicted octanol–water partition coefficient (Wildman–Crippen LogP) is 4.85. The summed E-state index contributed by atoms with van der Waals surface area (Å²) in [7, 11) is 4.27. The first kappa shape index (κ1) is 25.8. The van der Waals surface area contributed by atoms with Crippen LogP contribution in [-0.4, -0.2) is 41.7 Å². The van der Waals surface area contributed by atoms with Gasteiger partial charge in [-0.05, 0) is 93.7 Å². The van der Waals surface area contributed by atoms with Gasteiger partial charge >= 0.3 is 0 Å². The second-order valence-corrected chi connectivity index (χ2v) is 11.1. The Labute approximate surface area is 215 Å². The zero-order chi connectivity index (χ0) is 25.5. The number of nitrogens with zero attached hydrogens (tertiary/aromatic N) is 1. The number of hydrogen-bond acceptors (Lipinski definition) is 5. The molecular weight excluding hydrogens is 510 g/mol. The van der Waals surface area contributed by atoms with Gasteiger partial charge < -0.3 is 24.7 Å². The van der Waals surface area contributed by atoms with Crippen molar-refractivity contribution in [1.82, 2.24) is 15.2 Å². The Morgan fingerprint density at radius 3 is 2.46 bits per heavy atom. The van der Waals surface area contributed by atoms with E-state index in [9.17, 15) is 9.59 Å². The van der Waals surface area contributed by atoms with E-state index in [1.807, 2.05) is 33.8 Å². The third-order valence-electron chi connectivity index (χ3n) is 7.63. The molecule has 1 aromatic heterocycles. The second-order valence-electron chi connectivity index (χ2n) is 10.2. The molecule has 1 aliphatic carbocycles. The van der Waals surface area contributed by atoms with Gasteiger partial charge in [0.25, 0.3) is 17.3 Å². The van der Waals surface area contributed by atoms with E-state index in [1.54, 1.807) is 6.07 Å². The lowest BCUT2D eigenvalue weighted by molar-refractivity contribution is -0.123. The van der Waals surface area contributed by atoms with Crippen LogP contribution in [-0.2, 0) is 13.0 Å². The number of amides is 1. The van der Waals surface area contributed by atoms with E-state index < -0.39 is 5.79 Å². The molecule has 1 amide bonds.